The fourth-order valence-electron chi connectivity index (χ4n) is 6.94. The standard InChI is InChI=1S/C40H47N3O7S2.FH/c1-26(41-25-34(45)31-16-18-33(44)38-32(31)17-19-37(46)42-38)24-27-8-12-29(13-9-27)49-21-5-20-43(2)28-10-14-30(15-11-28)50-39(47)40(48,35-6-3-22-51-35)36-7-4-23-52-36;/h3-4,6-9,12-13,16-19,22-23,26,28,30,34,41,44-45,48H,5,10-11,14-15,20-21,24-25H2,1-2H3,(H,42,46);1H/t26?,28?,30?,34-;/m1./s1. The van der Waals surface area contributed by atoms with E-state index < -0.39 is 17.7 Å². The fourth-order valence-corrected chi connectivity index (χ4v) is 8.65. The summed E-state index contributed by atoms with van der Waals surface area (Å²) in [7, 11) is 2.14. The highest BCUT2D eigenvalue weighted by molar-refractivity contribution is 7.12. The second-order valence-corrected chi connectivity index (χ2v) is 15.5. The van der Waals surface area contributed by atoms with E-state index in [1.165, 1.54) is 34.8 Å². The summed E-state index contributed by atoms with van der Waals surface area (Å²) in [6, 6.07) is 22.0. The number of fused-ring (bicyclic) bond motifs is 1. The van der Waals surface area contributed by atoms with Gasteiger partial charge >= 0.3 is 5.97 Å². The van der Waals surface area contributed by atoms with E-state index in [0.29, 0.717) is 45.4 Å². The maximum atomic E-state index is 13.3. The Labute approximate surface area is 316 Å². The summed E-state index contributed by atoms with van der Waals surface area (Å²) in [6.45, 7) is 3.89. The van der Waals surface area contributed by atoms with Crippen LogP contribution in [-0.4, -0.2) is 76.1 Å². The zero-order valence-corrected chi connectivity index (χ0v) is 31.5. The molecule has 1 fully saturated rings. The molecule has 3 heterocycles. The molecular formula is C40H48FN3O7S2. The van der Waals surface area contributed by atoms with Crippen LogP contribution in [0.5, 0.6) is 11.5 Å². The molecule has 3 aromatic heterocycles. The number of hydrogen-bond acceptors (Lipinski definition) is 11. The molecule has 1 aliphatic carbocycles. The van der Waals surface area contributed by atoms with Crippen molar-refractivity contribution in [1.29, 1.82) is 0 Å². The largest absolute Gasteiger partial charge is 0.506 e. The van der Waals surface area contributed by atoms with E-state index in [4.69, 9.17) is 9.47 Å². The van der Waals surface area contributed by atoms with Gasteiger partial charge in [-0.2, -0.15) is 0 Å². The van der Waals surface area contributed by atoms with Crippen LogP contribution >= 0.6 is 22.7 Å². The molecule has 10 nitrogen and oxygen atoms in total. The van der Waals surface area contributed by atoms with Crippen LogP contribution in [0.15, 0.2) is 88.4 Å². The number of aromatic nitrogens is 1. The third kappa shape index (κ3) is 9.71. The number of rotatable bonds is 16. The molecule has 5 N–H and O–H groups in total. The van der Waals surface area contributed by atoms with Crippen LogP contribution in [0, 0.1) is 0 Å². The van der Waals surface area contributed by atoms with Gasteiger partial charge in [0.1, 0.15) is 17.6 Å². The number of carbonyl (C=O) groups excluding carboxylic acids is 1. The molecule has 0 radical (unpaired) electrons. The highest BCUT2D eigenvalue weighted by Gasteiger charge is 2.45. The van der Waals surface area contributed by atoms with E-state index in [-0.39, 0.29) is 28.2 Å². The third-order valence-corrected chi connectivity index (χ3v) is 11.9. The number of thiophene rings is 2. The zero-order chi connectivity index (χ0) is 36.7. The molecule has 1 unspecified atom stereocenters. The first kappa shape index (κ1) is 40.1. The summed E-state index contributed by atoms with van der Waals surface area (Å²) in [5.74, 6) is 0.201. The van der Waals surface area contributed by atoms with Crippen molar-refractivity contribution >= 4 is 39.5 Å². The summed E-state index contributed by atoms with van der Waals surface area (Å²) in [6.07, 6.45) is 4.02. The Bertz CT molecular complexity index is 1910. The van der Waals surface area contributed by atoms with Crippen molar-refractivity contribution in [1.82, 2.24) is 15.2 Å². The van der Waals surface area contributed by atoms with Gasteiger partial charge in [0.15, 0.2) is 0 Å². The highest BCUT2D eigenvalue weighted by Crippen LogP contribution is 2.38. The zero-order valence-electron chi connectivity index (χ0n) is 29.9. The van der Waals surface area contributed by atoms with Gasteiger partial charge in [0.2, 0.25) is 11.2 Å². The monoisotopic (exact) mass is 765 g/mol. The number of ether oxygens (including phenoxy) is 2. The molecule has 53 heavy (non-hydrogen) atoms. The Morgan fingerprint density at radius 2 is 1.68 bits per heavy atom. The first-order chi connectivity index (χ1) is 25.1. The van der Waals surface area contributed by atoms with Crippen molar-refractivity contribution in [2.24, 2.45) is 0 Å². The second-order valence-electron chi connectivity index (χ2n) is 13.6. The van der Waals surface area contributed by atoms with Crippen LogP contribution in [0.3, 0.4) is 0 Å². The number of nitrogens with one attached hydrogen (secondary N) is 2. The van der Waals surface area contributed by atoms with Crippen LogP contribution in [0.25, 0.3) is 10.9 Å². The number of benzene rings is 2. The Morgan fingerprint density at radius 3 is 2.32 bits per heavy atom. The number of phenolic OH excluding ortho intramolecular Hbond substituents is 1. The summed E-state index contributed by atoms with van der Waals surface area (Å²) >= 11 is 2.71. The Morgan fingerprint density at radius 1 is 1.00 bits per heavy atom. The van der Waals surface area contributed by atoms with Gasteiger partial charge in [-0.05, 0) is 111 Å². The van der Waals surface area contributed by atoms with Gasteiger partial charge in [0, 0.05) is 36.6 Å². The highest BCUT2D eigenvalue weighted by atomic mass is 32.1. The number of aliphatic hydroxyl groups is 2. The molecule has 6 rings (SSSR count). The van der Waals surface area contributed by atoms with Crippen molar-refractivity contribution in [3.05, 3.63) is 115 Å². The Balaban J connectivity index is 0.00000541. The minimum Gasteiger partial charge on any atom is -0.506 e. The number of carbonyl (C=O) groups is 1. The number of esters is 1. The molecule has 0 saturated heterocycles. The molecule has 0 aliphatic heterocycles. The number of pyridine rings is 1. The van der Waals surface area contributed by atoms with Gasteiger partial charge in [-0.15, -0.1) is 22.7 Å². The van der Waals surface area contributed by atoms with Crippen LogP contribution in [0.2, 0.25) is 0 Å². The average molecular weight is 766 g/mol. The van der Waals surface area contributed by atoms with Gasteiger partial charge in [0.25, 0.3) is 0 Å². The fraction of sp³-hybridized carbons (Fsp3) is 0.400. The lowest BCUT2D eigenvalue weighted by Gasteiger charge is -2.35. The smallest absolute Gasteiger partial charge is 0.349 e. The van der Waals surface area contributed by atoms with E-state index >= 15 is 0 Å². The molecule has 2 atom stereocenters. The van der Waals surface area contributed by atoms with Gasteiger partial charge in [0.05, 0.1) is 28.0 Å². The van der Waals surface area contributed by atoms with Crippen LogP contribution in [0.4, 0.5) is 4.70 Å². The molecule has 2 aromatic carbocycles. The predicted octanol–water partition coefficient (Wildman–Crippen LogP) is 6.25. The molecule has 1 saturated carbocycles. The molecule has 0 amide bonds. The number of halogens is 1. The van der Waals surface area contributed by atoms with Gasteiger partial charge in [-0.3, -0.25) is 9.50 Å². The SMILES string of the molecule is CC(Cc1ccc(OCCCN(C)C2CCC(OC(=O)C(O)(c3cccs3)c3cccs3)CC2)cc1)NC[C@@H](O)c1ccc(O)c2[nH]c(=O)ccc12.F. The summed E-state index contributed by atoms with van der Waals surface area (Å²) in [4.78, 5) is 31.2. The normalized spacial score (nSPS) is 17.3. The minimum atomic E-state index is -1.77. The summed E-state index contributed by atoms with van der Waals surface area (Å²) < 4.78 is 12.0. The van der Waals surface area contributed by atoms with Crippen LogP contribution in [0.1, 0.15) is 66.0 Å². The van der Waals surface area contributed by atoms with Crippen molar-refractivity contribution in [2.75, 3.05) is 26.7 Å². The van der Waals surface area contributed by atoms with Crippen molar-refractivity contribution in [3.63, 3.8) is 0 Å². The lowest BCUT2D eigenvalue weighted by molar-refractivity contribution is -0.169. The number of nitrogens with zero attached hydrogens (tertiary/aromatic N) is 1. The third-order valence-electron chi connectivity index (χ3n) is 9.91. The summed E-state index contributed by atoms with van der Waals surface area (Å²) in [5.41, 5.74) is 0.0281. The Hall–Kier alpha value is -4.11. The molecule has 13 heteroatoms. The molecule has 0 bridgehead atoms. The van der Waals surface area contributed by atoms with E-state index in [0.717, 1.165) is 56.4 Å². The quantitative estimate of drug-likeness (QED) is 0.0582. The van der Waals surface area contributed by atoms with Gasteiger partial charge in [-0.1, -0.05) is 30.3 Å². The average Bonchev–Trinajstić information content (AvgIpc) is 3.90. The molecule has 0 spiro atoms. The summed E-state index contributed by atoms with van der Waals surface area (Å²) in [5, 5.41) is 40.3. The van der Waals surface area contributed by atoms with Crippen LogP contribution < -0.4 is 15.6 Å². The molecule has 5 aromatic rings. The lowest BCUT2D eigenvalue weighted by Crippen LogP contribution is -2.42. The topological polar surface area (TPSA) is 144 Å². The molecular weight excluding hydrogens is 718 g/mol. The van der Waals surface area contributed by atoms with Crippen molar-refractivity contribution < 1.29 is 34.3 Å². The van der Waals surface area contributed by atoms with E-state index in [9.17, 15) is 24.9 Å². The number of phenols is 1. The van der Waals surface area contributed by atoms with E-state index in [1.54, 1.807) is 24.3 Å². The van der Waals surface area contributed by atoms with Crippen molar-refractivity contribution in [3.8, 4) is 11.5 Å². The number of H-pyrrole nitrogens is 1. The first-order valence-electron chi connectivity index (χ1n) is 17.8. The van der Waals surface area contributed by atoms with Crippen molar-refractivity contribution in [2.45, 2.75) is 75.3 Å². The Kier molecular flexibility index (Phi) is 13.8. The number of hydrogen-bond donors (Lipinski definition) is 5. The van der Waals surface area contributed by atoms with E-state index in [2.05, 4.69) is 41.3 Å². The van der Waals surface area contributed by atoms with Gasteiger partial charge < -0.3 is 40.0 Å². The number of aromatic hydroxyl groups is 1. The second kappa shape index (κ2) is 18.3. The maximum Gasteiger partial charge on any atom is 0.349 e. The van der Waals surface area contributed by atoms with E-state index in [1.807, 2.05) is 35.0 Å². The molecule has 284 valence electrons. The predicted molar refractivity (Wildman–Crippen MR) is 208 cm³/mol. The van der Waals surface area contributed by atoms with Gasteiger partial charge in [-0.25, -0.2) is 4.79 Å². The van der Waals surface area contributed by atoms with Crippen LogP contribution in [-0.2, 0) is 21.6 Å². The minimum absolute atomic E-state index is 0. The number of aromatic amines is 1. The maximum absolute atomic E-state index is 13.3. The number of aliphatic hydroxyl groups excluding tert-OH is 1. The lowest BCUT2D eigenvalue weighted by atomic mass is 9.91. The first-order valence-corrected chi connectivity index (χ1v) is 19.6. The molecule has 1 aliphatic rings.